The predicted molar refractivity (Wildman–Crippen MR) is 106 cm³/mol. The lowest BCUT2D eigenvalue weighted by molar-refractivity contribution is -0.137. The van der Waals surface area contributed by atoms with Crippen LogP contribution in [0.2, 0.25) is 0 Å². The summed E-state index contributed by atoms with van der Waals surface area (Å²) in [4.78, 5) is 40.4. The lowest BCUT2D eigenvalue weighted by Gasteiger charge is -2.29. The predicted octanol–water partition coefficient (Wildman–Crippen LogP) is 2.73. The summed E-state index contributed by atoms with van der Waals surface area (Å²) in [6.45, 7) is 2.52. The molecule has 3 rings (SSSR count). The Balaban J connectivity index is 1.62. The molecule has 0 radical (unpaired) electrons. The van der Waals surface area contributed by atoms with Crippen molar-refractivity contribution in [3.05, 3.63) is 35.5 Å². The first-order chi connectivity index (χ1) is 13.3. The van der Waals surface area contributed by atoms with Crippen molar-refractivity contribution in [1.29, 1.82) is 0 Å². The van der Waals surface area contributed by atoms with Gasteiger partial charge in [-0.3, -0.25) is 14.4 Å². The molecule has 0 spiro atoms. The Morgan fingerprint density at radius 2 is 1.93 bits per heavy atom. The van der Waals surface area contributed by atoms with Gasteiger partial charge in [0.05, 0.1) is 6.54 Å². The summed E-state index contributed by atoms with van der Waals surface area (Å²) in [6, 6.07) is 8.04. The van der Waals surface area contributed by atoms with E-state index in [1.165, 1.54) is 0 Å². The molecule has 1 aromatic heterocycles. The maximum absolute atomic E-state index is 12.7. The smallest absolute Gasteiger partial charge is 0.303 e. The lowest BCUT2D eigenvalue weighted by Crippen LogP contribution is -2.43. The first-order valence-corrected chi connectivity index (χ1v) is 9.63. The second-order valence-corrected chi connectivity index (χ2v) is 7.75. The van der Waals surface area contributed by atoms with Crippen LogP contribution < -0.4 is 5.32 Å². The van der Waals surface area contributed by atoms with Crippen molar-refractivity contribution in [3.8, 4) is 0 Å². The van der Waals surface area contributed by atoms with Gasteiger partial charge in [0.25, 0.3) is 0 Å². The number of aliphatic carboxylic acids is 1. The summed E-state index contributed by atoms with van der Waals surface area (Å²) in [5.74, 6) is -0.980. The van der Waals surface area contributed by atoms with Gasteiger partial charge in [0.1, 0.15) is 0 Å². The molecular weight excluding hydrogens is 358 g/mol. The SMILES string of the molecule is Cc1c(CN(C)C(=O)CC[C@@]2(CCC(=O)O)CCC(=O)N2)[nH]c2ccccc12. The van der Waals surface area contributed by atoms with E-state index in [-0.39, 0.29) is 24.7 Å². The molecule has 28 heavy (non-hydrogen) atoms. The van der Waals surface area contributed by atoms with Gasteiger partial charge in [-0.15, -0.1) is 0 Å². The largest absolute Gasteiger partial charge is 0.481 e. The number of nitrogens with one attached hydrogen (secondary N) is 2. The molecule has 1 atom stereocenters. The van der Waals surface area contributed by atoms with Crippen molar-refractivity contribution < 1.29 is 19.5 Å². The van der Waals surface area contributed by atoms with Gasteiger partial charge in [0, 0.05) is 48.4 Å². The van der Waals surface area contributed by atoms with Gasteiger partial charge < -0.3 is 20.3 Å². The lowest BCUT2D eigenvalue weighted by atomic mass is 9.86. The van der Waals surface area contributed by atoms with Gasteiger partial charge in [0.15, 0.2) is 0 Å². The number of aromatic amines is 1. The number of amides is 2. The summed E-state index contributed by atoms with van der Waals surface area (Å²) in [5, 5.41) is 13.0. The van der Waals surface area contributed by atoms with Gasteiger partial charge in [0.2, 0.25) is 11.8 Å². The average Bonchev–Trinajstić information content (AvgIpc) is 3.19. The molecule has 1 aliphatic heterocycles. The number of aryl methyl sites for hydroxylation is 1. The maximum Gasteiger partial charge on any atom is 0.303 e. The quantitative estimate of drug-likeness (QED) is 0.650. The van der Waals surface area contributed by atoms with Gasteiger partial charge >= 0.3 is 5.97 Å². The number of rotatable bonds is 8. The Morgan fingerprint density at radius 3 is 2.57 bits per heavy atom. The highest BCUT2D eigenvalue weighted by Crippen LogP contribution is 2.30. The number of carbonyl (C=O) groups excluding carboxylic acids is 2. The molecule has 1 saturated heterocycles. The number of para-hydroxylation sites is 1. The molecule has 0 saturated carbocycles. The molecule has 2 aromatic rings. The van der Waals surface area contributed by atoms with Crippen molar-refractivity contribution in [2.24, 2.45) is 0 Å². The number of H-pyrrole nitrogens is 1. The number of carbonyl (C=O) groups is 3. The Bertz CT molecular complexity index is 904. The van der Waals surface area contributed by atoms with Crippen LogP contribution in [-0.2, 0) is 20.9 Å². The molecule has 1 aliphatic rings. The van der Waals surface area contributed by atoms with Gasteiger partial charge in [-0.2, -0.15) is 0 Å². The van der Waals surface area contributed by atoms with Gasteiger partial charge in [-0.25, -0.2) is 0 Å². The molecule has 2 heterocycles. The average molecular weight is 385 g/mol. The van der Waals surface area contributed by atoms with Crippen LogP contribution >= 0.6 is 0 Å². The third kappa shape index (κ3) is 4.35. The maximum atomic E-state index is 12.7. The fraction of sp³-hybridized carbons (Fsp3) is 0.476. The zero-order valence-electron chi connectivity index (χ0n) is 16.4. The molecule has 150 valence electrons. The number of hydrogen-bond donors (Lipinski definition) is 3. The number of carboxylic acid groups (broad SMARTS) is 1. The van der Waals surface area contributed by atoms with Crippen LogP contribution in [0.1, 0.15) is 49.8 Å². The molecular formula is C21H27N3O4. The number of hydrogen-bond acceptors (Lipinski definition) is 3. The summed E-state index contributed by atoms with van der Waals surface area (Å²) in [7, 11) is 1.77. The minimum Gasteiger partial charge on any atom is -0.481 e. The van der Waals surface area contributed by atoms with E-state index in [0.717, 1.165) is 22.2 Å². The second-order valence-electron chi connectivity index (χ2n) is 7.75. The second kappa shape index (κ2) is 8.04. The van der Waals surface area contributed by atoms with Crippen LogP contribution in [0.5, 0.6) is 0 Å². The molecule has 7 nitrogen and oxygen atoms in total. The molecule has 7 heteroatoms. The van der Waals surface area contributed by atoms with Crippen molar-refractivity contribution in [2.75, 3.05) is 7.05 Å². The molecule has 0 aliphatic carbocycles. The Morgan fingerprint density at radius 1 is 1.21 bits per heavy atom. The highest BCUT2D eigenvalue weighted by atomic mass is 16.4. The van der Waals surface area contributed by atoms with E-state index < -0.39 is 11.5 Å². The number of benzene rings is 1. The van der Waals surface area contributed by atoms with E-state index in [1.54, 1.807) is 11.9 Å². The number of carboxylic acids is 1. The third-order valence-corrected chi connectivity index (χ3v) is 5.76. The molecule has 1 fully saturated rings. The van der Waals surface area contributed by atoms with Crippen molar-refractivity contribution >= 4 is 28.7 Å². The van der Waals surface area contributed by atoms with Crippen LogP contribution in [-0.4, -0.2) is 45.4 Å². The standard InChI is InChI=1S/C21H27N3O4/c1-14-15-5-3-4-6-16(15)22-17(14)13-24(2)19(26)8-11-21(12-9-20(27)28)10-7-18(25)23-21/h3-6,22H,7-13H2,1-2H3,(H,23,25)(H,27,28)/t21-/m1/s1. The van der Waals surface area contributed by atoms with Crippen molar-refractivity contribution in [2.45, 2.75) is 57.5 Å². The van der Waals surface area contributed by atoms with E-state index >= 15 is 0 Å². The fourth-order valence-electron chi connectivity index (χ4n) is 3.98. The molecule has 1 aromatic carbocycles. The van der Waals surface area contributed by atoms with Crippen LogP contribution in [0.25, 0.3) is 10.9 Å². The van der Waals surface area contributed by atoms with Crippen LogP contribution in [0.3, 0.4) is 0 Å². The zero-order chi connectivity index (χ0) is 20.3. The van der Waals surface area contributed by atoms with E-state index in [0.29, 0.717) is 32.2 Å². The number of fused-ring (bicyclic) bond motifs is 1. The van der Waals surface area contributed by atoms with Gasteiger partial charge in [-0.1, -0.05) is 18.2 Å². The third-order valence-electron chi connectivity index (χ3n) is 5.76. The van der Waals surface area contributed by atoms with E-state index in [1.807, 2.05) is 25.1 Å². The Labute approximate surface area is 164 Å². The highest BCUT2D eigenvalue weighted by Gasteiger charge is 2.38. The Kier molecular flexibility index (Phi) is 5.72. The molecule has 0 bridgehead atoms. The number of nitrogens with zero attached hydrogens (tertiary/aromatic N) is 1. The monoisotopic (exact) mass is 385 g/mol. The zero-order valence-corrected chi connectivity index (χ0v) is 16.4. The number of aromatic nitrogens is 1. The molecule has 2 amide bonds. The first-order valence-electron chi connectivity index (χ1n) is 9.63. The van der Waals surface area contributed by atoms with Crippen LogP contribution in [0.4, 0.5) is 0 Å². The van der Waals surface area contributed by atoms with Gasteiger partial charge in [-0.05, 0) is 37.8 Å². The minimum atomic E-state index is -0.891. The summed E-state index contributed by atoms with van der Waals surface area (Å²) in [6.07, 6.45) is 2.04. The highest BCUT2D eigenvalue weighted by molar-refractivity contribution is 5.84. The van der Waals surface area contributed by atoms with Crippen molar-refractivity contribution in [1.82, 2.24) is 15.2 Å². The topological polar surface area (TPSA) is 102 Å². The summed E-state index contributed by atoms with van der Waals surface area (Å²) < 4.78 is 0. The van der Waals surface area contributed by atoms with E-state index in [9.17, 15) is 14.4 Å². The first kappa shape index (κ1) is 19.9. The molecule has 3 N–H and O–H groups in total. The molecule has 0 unspecified atom stereocenters. The Hall–Kier alpha value is -2.83. The van der Waals surface area contributed by atoms with E-state index in [4.69, 9.17) is 5.11 Å². The van der Waals surface area contributed by atoms with E-state index in [2.05, 4.69) is 16.4 Å². The fourth-order valence-corrected chi connectivity index (χ4v) is 3.98. The summed E-state index contributed by atoms with van der Waals surface area (Å²) in [5.41, 5.74) is 2.61. The minimum absolute atomic E-state index is 0.0153. The van der Waals surface area contributed by atoms with Crippen LogP contribution in [0, 0.1) is 6.92 Å². The van der Waals surface area contributed by atoms with Crippen molar-refractivity contribution in [3.63, 3.8) is 0 Å². The van der Waals surface area contributed by atoms with Crippen LogP contribution in [0.15, 0.2) is 24.3 Å². The summed E-state index contributed by atoms with van der Waals surface area (Å²) >= 11 is 0. The normalized spacial score (nSPS) is 19.0.